The quantitative estimate of drug-likeness (QED) is 0.852. The van der Waals surface area contributed by atoms with E-state index in [9.17, 15) is 14.0 Å². The highest BCUT2D eigenvalue weighted by molar-refractivity contribution is 5.95. The van der Waals surface area contributed by atoms with Crippen LogP contribution in [0.15, 0.2) is 18.2 Å². The summed E-state index contributed by atoms with van der Waals surface area (Å²) in [5.74, 6) is -0.578. The molecule has 0 bridgehead atoms. The van der Waals surface area contributed by atoms with E-state index in [4.69, 9.17) is 4.74 Å². The fraction of sp³-hybridized carbons (Fsp3) is 0.467. The van der Waals surface area contributed by atoms with Crippen molar-refractivity contribution >= 4 is 11.7 Å². The highest BCUT2D eigenvalue weighted by atomic mass is 19.1. The molecule has 0 radical (unpaired) electrons. The number of halogens is 1. The zero-order valence-electron chi connectivity index (χ0n) is 11.7. The molecule has 0 spiro atoms. The summed E-state index contributed by atoms with van der Waals surface area (Å²) in [5, 5.41) is 0. The summed E-state index contributed by atoms with van der Waals surface area (Å²) < 4.78 is 18.5. The van der Waals surface area contributed by atoms with Crippen LogP contribution in [0.3, 0.4) is 0 Å². The molecule has 4 nitrogen and oxygen atoms in total. The number of likely N-dealkylation sites (tertiary alicyclic amines) is 1. The van der Waals surface area contributed by atoms with Gasteiger partial charge in [-0.25, -0.2) is 4.39 Å². The summed E-state index contributed by atoms with van der Waals surface area (Å²) in [6.07, 6.45) is 1.10. The van der Waals surface area contributed by atoms with Gasteiger partial charge in [0.2, 0.25) is 0 Å². The van der Waals surface area contributed by atoms with E-state index in [-0.39, 0.29) is 28.9 Å². The van der Waals surface area contributed by atoms with E-state index in [1.54, 1.807) is 11.0 Å². The first kappa shape index (κ1) is 14.5. The largest absolute Gasteiger partial charge is 0.494 e. The van der Waals surface area contributed by atoms with E-state index in [2.05, 4.69) is 0 Å². The van der Waals surface area contributed by atoms with Crippen LogP contribution in [-0.2, 0) is 4.79 Å². The minimum atomic E-state index is -0.557. The molecule has 1 unspecified atom stereocenters. The number of rotatable bonds is 3. The van der Waals surface area contributed by atoms with Crippen LogP contribution in [0, 0.1) is 11.7 Å². The van der Waals surface area contributed by atoms with E-state index in [0.29, 0.717) is 19.5 Å². The molecule has 2 rings (SSSR count). The second-order valence-corrected chi connectivity index (χ2v) is 4.92. The Morgan fingerprint density at radius 2 is 2.25 bits per heavy atom. The zero-order valence-corrected chi connectivity index (χ0v) is 11.7. The number of Topliss-reactive ketones (excluding diaryl/α,β-unsaturated/α-hetero) is 1. The van der Waals surface area contributed by atoms with Crippen molar-refractivity contribution in [3.8, 4) is 5.75 Å². The molecular formula is C15H18FNO3. The molecule has 1 aromatic rings. The first-order valence-corrected chi connectivity index (χ1v) is 6.72. The van der Waals surface area contributed by atoms with Crippen molar-refractivity contribution < 1.29 is 18.7 Å². The minimum absolute atomic E-state index is 0.101. The maximum absolute atomic E-state index is 13.6. The predicted molar refractivity (Wildman–Crippen MR) is 72.3 cm³/mol. The lowest BCUT2D eigenvalue weighted by Gasteiger charge is -2.31. The SMILES string of the molecule is CCC1CN(C(=O)c2ccc(OC)c(F)c2)CCC1=O. The summed E-state index contributed by atoms with van der Waals surface area (Å²) in [7, 11) is 1.38. The monoisotopic (exact) mass is 279 g/mol. The molecule has 0 aliphatic carbocycles. The van der Waals surface area contributed by atoms with Crippen molar-refractivity contribution in [3.63, 3.8) is 0 Å². The number of ketones is 1. The minimum Gasteiger partial charge on any atom is -0.494 e. The van der Waals surface area contributed by atoms with Crippen molar-refractivity contribution in [2.45, 2.75) is 19.8 Å². The van der Waals surface area contributed by atoms with E-state index in [1.807, 2.05) is 6.92 Å². The third-order valence-corrected chi connectivity index (χ3v) is 3.70. The number of ether oxygens (including phenoxy) is 1. The van der Waals surface area contributed by atoms with Crippen LogP contribution in [0.1, 0.15) is 30.1 Å². The molecule has 1 aromatic carbocycles. The Labute approximate surface area is 117 Å². The molecule has 20 heavy (non-hydrogen) atoms. The van der Waals surface area contributed by atoms with Gasteiger partial charge in [-0.3, -0.25) is 9.59 Å². The van der Waals surface area contributed by atoms with Crippen molar-refractivity contribution in [3.05, 3.63) is 29.6 Å². The molecule has 1 fully saturated rings. The van der Waals surface area contributed by atoms with Crippen molar-refractivity contribution in [2.75, 3.05) is 20.2 Å². The number of methoxy groups -OCH3 is 1. The molecule has 0 N–H and O–H groups in total. The van der Waals surface area contributed by atoms with Crippen LogP contribution in [0.5, 0.6) is 5.75 Å². The van der Waals surface area contributed by atoms with Gasteiger partial charge in [-0.05, 0) is 24.6 Å². The van der Waals surface area contributed by atoms with Crippen LogP contribution in [-0.4, -0.2) is 36.8 Å². The molecule has 1 heterocycles. The second-order valence-electron chi connectivity index (χ2n) is 4.92. The van der Waals surface area contributed by atoms with Gasteiger partial charge >= 0.3 is 0 Å². The van der Waals surface area contributed by atoms with Gasteiger partial charge in [-0.2, -0.15) is 0 Å². The third kappa shape index (κ3) is 2.81. The number of hydrogen-bond donors (Lipinski definition) is 0. The Morgan fingerprint density at radius 1 is 1.50 bits per heavy atom. The number of nitrogens with zero attached hydrogens (tertiary/aromatic N) is 1. The van der Waals surface area contributed by atoms with Crippen LogP contribution >= 0.6 is 0 Å². The Bertz CT molecular complexity index is 530. The summed E-state index contributed by atoms with van der Waals surface area (Å²) in [4.78, 5) is 25.6. The van der Waals surface area contributed by atoms with Gasteiger partial charge in [-0.1, -0.05) is 6.92 Å². The molecule has 1 atom stereocenters. The average Bonchev–Trinajstić information content (AvgIpc) is 2.47. The molecule has 0 aromatic heterocycles. The number of hydrogen-bond acceptors (Lipinski definition) is 3. The fourth-order valence-electron chi connectivity index (χ4n) is 2.43. The molecule has 5 heteroatoms. The summed E-state index contributed by atoms with van der Waals surface area (Å²) in [6, 6.07) is 4.16. The molecule has 1 amide bonds. The second kappa shape index (κ2) is 6.03. The lowest BCUT2D eigenvalue weighted by molar-refractivity contribution is -0.125. The van der Waals surface area contributed by atoms with Crippen LogP contribution in [0.2, 0.25) is 0 Å². The number of amides is 1. The van der Waals surface area contributed by atoms with Crippen molar-refractivity contribution in [2.24, 2.45) is 5.92 Å². The van der Waals surface area contributed by atoms with E-state index in [0.717, 1.165) is 6.42 Å². The molecule has 1 aliphatic heterocycles. The lowest BCUT2D eigenvalue weighted by Crippen LogP contribution is -2.43. The van der Waals surface area contributed by atoms with Crippen LogP contribution in [0.25, 0.3) is 0 Å². The third-order valence-electron chi connectivity index (χ3n) is 3.70. The van der Waals surface area contributed by atoms with Gasteiger partial charge in [0.05, 0.1) is 7.11 Å². The van der Waals surface area contributed by atoms with E-state index >= 15 is 0 Å². The molecule has 0 saturated carbocycles. The van der Waals surface area contributed by atoms with Gasteiger partial charge in [0.1, 0.15) is 5.78 Å². The van der Waals surface area contributed by atoms with Gasteiger partial charge < -0.3 is 9.64 Å². The summed E-state index contributed by atoms with van der Waals surface area (Å²) in [6.45, 7) is 2.76. The maximum Gasteiger partial charge on any atom is 0.253 e. The van der Waals surface area contributed by atoms with Crippen LogP contribution < -0.4 is 4.74 Å². The standard InChI is InChI=1S/C15H18FNO3/c1-3-10-9-17(7-6-13(10)18)15(19)11-4-5-14(20-2)12(16)8-11/h4-5,8,10H,3,6-7,9H2,1-2H3. The molecule has 1 aliphatic rings. The Balaban J connectivity index is 2.15. The number of carbonyl (C=O) groups is 2. The fourth-order valence-corrected chi connectivity index (χ4v) is 2.43. The lowest BCUT2D eigenvalue weighted by atomic mass is 9.93. The van der Waals surface area contributed by atoms with Crippen molar-refractivity contribution in [1.82, 2.24) is 4.90 Å². The molecule has 108 valence electrons. The molecular weight excluding hydrogens is 261 g/mol. The van der Waals surface area contributed by atoms with Gasteiger partial charge in [-0.15, -0.1) is 0 Å². The number of piperidine rings is 1. The van der Waals surface area contributed by atoms with Crippen molar-refractivity contribution in [1.29, 1.82) is 0 Å². The van der Waals surface area contributed by atoms with E-state index in [1.165, 1.54) is 19.2 Å². The van der Waals surface area contributed by atoms with E-state index < -0.39 is 5.82 Å². The highest BCUT2D eigenvalue weighted by Crippen LogP contribution is 2.21. The smallest absolute Gasteiger partial charge is 0.253 e. The molecule has 1 saturated heterocycles. The van der Waals surface area contributed by atoms with Gasteiger partial charge in [0, 0.05) is 31.0 Å². The topological polar surface area (TPSA) is 46.6 Å². The first-order chi connectivity index (χ1) is 9.56. The maximum atomic E-state index is 13.6. The Morgan fingerprint density at radius 3 is 2.85 bits per heavy atom. The summed E-state index contributed by atoms with van der Waals surface area (Å²) >= 11 is 0. The first-order valence-electron chi connectivity index (χ1n) is 6.72. The highest BCUT2D eigenvalue weighted by Gasteiger charge is 2.29. The Kier molecular flexibility index (Phi) is 4.37. The number of carbonyl (C=O) groups excluding carboxylic acids is 2. The van der Waals surface area contributed by atoms with Gasteiger partial charge in [0.25, 0.3) is 5.91 Å². The van der Waals surface area contributed by atoms with Crippen LogP contribution in [0.4, 0.5) is 4.39 Å². The van der Waals surface area contributed by atoms with Gasteiger partial charge in [0.15, 0.2) is 11.6 Å². The number of benzene rings is 1. The average molecular weight is 279 g/mol. The normalized spacial score (nSPS) is 19.1. The Hall–Kier alpha value is -1.91. The summed E-state index contributed by atoms with van der Waals surface area (Å²) in [5.41, 5.74) is 0.285. The predicted octanol–water partition coefficient (Wildman–Crippen LogP) is 2.28. The zero-order chi connectivity index (χ0) is 14.7.